The second-order valence-corrected chi connectivity index (χ2v) is 3.30. The number of nitrogens with one attached hydrogen (secondary N) is 1. The molecule has 0 unspecified atom stereocenters. The van der Waals surface area contributed by atoms with E-state index in [1.165, 1.54) is 0 Å². The number of hydrogen-bond donors (Lipinski definition) is 1. The van der Waals surface area contributed by atoms with Gasteiger partial charge in [-0.2, -0.15) is 0 Å². The molecule has 0 aromatic heterocycles. The van der Waals surface area contributed by atoms with Gasteiger partial charge >= 0.3 is 51.4 Å². The third kappa shape index (κ3) is 2.19. The number of benzene rings is 1. The number of fused-ring (bicyclic) bond motifs is 1. The molecular formula is C8H4ClKN2O4. The van der Waals surface area contributed by atoms with Crippen LogP contribution in [0.1, 0.15) is 22.1 Å². The molecule has 1 aliphatic rings. The molecule has 8 heteroatoms. The molecule has 0 fully saturated rings. The van der Waals surface area contributed by atoms with Crippen molar-refractivity contribution in [1.82, 2.24) is 5.32 Å². The molecule has 1 N–H and O–H groups in total. The Kier molecular flexibility index (Phi) is 4.21. The van der Waals surface area contributed by atoms with E-state index in [0.717, 1.165) is 12.1 Å². The number of amides is 2. The van der Waals surface area contributed by atoms with Gasteiger partial charge in [-0.15, -0.1) is 0 Å². The number of imide groups is 1. The van der Waals surface area contributed by atoms with Gasteiger partial charge < -0.3 is 1.43 Å². The Hall–Kier alpha value is -0.314. The first-order valence-corrected chi connectivity index (χ1v) is 4.22. The van der Waals surface area contributed by atoms with Gasteiger partial charge in [-0.25, -0.2) is 0 Å². The first-order chi connectivity index (χ1) is 7.00. The Morgan fingerprint density at radius 1 is 1.25 bits per heavy atom. The first kappa shape index (κ1) is 13.8. The van der Waals surface area contributed by atoms with E-state index in [0.29, 0.717) is 0 Å². The van der Waals surface area contributed by atoms with E-state index >= 15 is 0 Å². The van der Waals surface area contributed by atoms with Crippen LogP contribution < -0.4 is 56.7 Å². The summed E-state index contributed by atoms with van der Waals surface area (Å²) in [5.41, 5.74) is -0.341. The summed E-state index contributed by atoms with van der Waals surface area (Å²) in [6.07, 6.45) is 0. The number of rotatable bonds is 1. The Bertz CT molecular complexity index is 522. The maximum atomic E-state index is 11.2. The number of nitro groups is 1. The van der Waals surface area contributed by atoms with E-state index in [1.807, 2.05) is 5.32 Å². The number of halogens is 1. The van der Waals surface area contributed by atoms with Crippen LogP contribution in [0.2, 0.25) is 5.02 Å². The maximum absolute atomic E-state index is 11.2. The number of carbonyl (C=O) groups is 2. The third-order valence-corrected chi connectivity index (χ3v) is 2.30. The molecule has 0 saturated heterocycles. The summed E-state index contributed by atoms with van der Waals surface area (Å²) < 4.78 is 0. The summed E-state index contributed by atoms with van der Waals surface area (Å²) in [6.45, 7) is 0. The fourth-order valence-electron chi connectivity index (χ4n) is 1.32. The Morgan fingerprint density at radius 2 is 1.75 bits per heavy atom. The second kappa shape index (κ2) is 4.90. The third-order valence-electron chi connectivity index (χ3n) is 2.00. The van der Waals surface area contributed by atoms with Gasteiger partial charge in [0.1, 0.15) is 5.02 Å². The molecule has 1 aliphatic heterocycles. The second-order valence-electron chi connectivity index (χ2n) is 2.89. The smallest absolute Gasteiger partial charge is 1.00 e. The van der Waals surface area contributed by atoms with Gasteiger partial charge in [0, 0.05) is 6.07 Å². The van der Waals surface area contributed by atoms with Crippen LogP contribution >= 0.6 is 11.6 Å². The predicted octanol–water partition coefficient (Wildman–Crippen LogP) is -1.75. The molecule has 0 aliphatic carbocycles. The summed E-state index contributed by atoms with van der Waals surface area (Å²) in [5, 5.41) is 12.4. The minimum Gasteiger partial charge on any atom is -1.00 e. The van der Waals surface area contributed by atoms with Crippen LogP contribution in [0.5, 0.6) is 0 Å². The monoisotopic (exact) mass is 266 g/mol. The molecular weight excluding hydrogens is 263 g/mol. The molecule has 0 radical (unpaired) electrons. The molecule has 2 amide bonds. The number of carbonyl (C=O) groups excluding carboxylic acids is 2. The largest absolute Gasteiger partial charge is 1.00 e. The zero-order valence-electron chi connectivity index (χ0n) is 9.11. The number of nitro benzene ring substituents is 1. The van der Waals surface area contributed by atoms with Crippen molar-refractivity contribution in [2.24, 2.45) is 0 Å². The molecule has 0 saturated carbocycles. The van der Waals surface area contributed by atoms with Crippen LogP contribution in [-0.4, -0.2) is 16.7 Å². The van der Waals surface area contributed by atoms with Crippen LogP contribution in [0, 0.1) is 10.1 Å². The first-order valence-electron chi connectivity index (χ1n) is 3.84. The van der Waals surface area contributed by atoms with Crippen molar-refractivity contribution in [2.45, 2.75) is 0 Å². The van der Waals surface area contributed by atoms with Gasteiger partial charge in [-0.3, -0.25) is 25.0 Å². The van der Waals surface area contributed by atoms with Crippen LogP contribution in [-0.2, 0) is 0 Å². The predicted molar refractivity (Wildman–Crippen MR) is 51.0 cm³/mol. The molecule has 6 nitrogen and oxygen atoms in total. The van der Waals surface area contributed by atoms with Gasteiger partial charge in [0.15, 0.2) is 0 Å². The standard InChI is InChI=1S/C8H3ClN2O4.K.H/c9-5-1-3-4(2-6(5)11(14)15)8(13)10-7(3)12;;/h1-2H,(H,10,12,13);;/q;+1;-1. The van der Waals surface area contributed by atoms with E-state index in [1.54, 1.807) is 0 Å². The maximum Gasteiger partial charge on any atom is 1.00 e. The minimum absolute atomic E-state index is 0. The average molecular weight is 267 g/mol. The summed E-state index contributed by atoms with van der Waals surface area (Å²) in [5.74, 6) is -1.23. The van der Waals surface area contributed by atoms with Crippen LogP contribution in [0.3, 0.4) is 0 Å². The Labute approximate surface area is 138 Å². The van der Waals surface area contributed by atoms with Gasteiger partial charge in [-0.1, -0.05) is 11.6 Å². The van der Waals surface area contributed by atoms with Crippen molar-refractivity contribution in [2.75, 3.05) is 0 Å². The minimum atomic E-state index is -0.710. The van der Waals surface area contributed by atoms with E-state index in [2.05, 4.69) is 0 Å². The Balaban J connectivity index is 0.00000128. The van der Waals surface area contributed by atoms with E-state index in [9.17, 15) is 19.7 Å². The van der Waals surface area contributed by atoms with Crippen molar-refractivity contribution in [3.05, 3.63) is 38.4 Å². The Morgan fingerprint density at radius 3 is 2.25 bits per heavy atom. The molecule has 0 spiro atoms. The number of hydrogen-bond acceptors (Lipinski definition) is 4. The summed E-state index contributed by atoms with van der Waals surface area (Å²) in [7, 11) is 0. The molecule has 1 aromatic rings. The molecule has 78 valence electrons. The van der Waals surface area contributed by atoms with E-state index in [4.69, 9.17) is 11.6 Å². The van der Waals surface area contributed by atoms with Gasteiger partial charge in [0.25, 0.3) is 17.5 Å². The quantitative estimate of drug-likeness (QED) is 0.282. The molecule has 1 heterocycles. The number of nitrogens with zero attached hydrogens (tertiary/aromatic N) is 1. The van der Waals surface area contributed by atoms with Gasteiger partial charge in [0.2, 0.25) is 0 Å². The SMILES string of the molecule is O=C1NC(=O)c2cc([N+](=O)[O-])c(Cl)cc21.[H-].[K+]. The van der Waals surface area contributed by atoms with Crippen molar-refractivity contribution >= 4 is 29.1 Å². The summed E-state index contributed by atoms with van der Waals surface area (Å²) >= 11 is 5.58. The molecule has 2 rings (SSSR count). The normalized spacial score (nSPS) is 12.8. The van der Waals surface area contributed by atoms with Crippen LogP contribution in [0.4, 0.5) is 5.69 Å². The molecule has 0 bridgehead atoms. The van der Waals surface area contributed by atoms with Gasteiger partial charge in [0.05, 0.1) is 16.1 Å². The average Bonchev–Trinajstić information content (AvgIpc) is 2.41. The van der Waals surface area contributed by atoms with E-state index < -0.39 is 16.7 Å². The van der Waals surface area contributed by atoms with Crippen molar-refractivity contribution in [1.29, 1.82) is 0 Å². The zero-order chi connectivity index (χ0) is 11.2. The van der Waals surface area contributed by atoms with Crippen LogP contribution in [0.15, 0.2) is 12.1 Å². The van der Waals surface area contributed by atoms with Crippen molar-refractivity contribution in [3.63, 3.8) is 0 Å². The molecule has 0 atom stereocenters. The van der Waals surface area contributed by atoms with Crippen molar-refractivity contribution in [3.8, 4) is 0 Å². The van der Waals surface area contributed by atoms with Gasteiger partial charge in [-0.05, 0) is 6.07 Å². The fraction of sp³-hybridized carbons (Fsp3) is 0. The molecule has 1 aromatic carbocycles. The van der Waals surface area contributed by atoms with Crippen molar-refractivity contribution < 1.29 is 67.3 Å². The van der Waals surface area contributed by atoms with E-state index in [-0.39, 0.29) is 74.6 Å². The zero-order valence-corrected chi connectivity index (χ0v) is 12.0. The summed E-state index contributed by atoms with van der Waals surface area (Å²) in [6, 6.07) is 2.12. The van der Waals surface area contributed by atoms with Crippen LogP contribution in [0.25, 0.3) is 0 Å². The topological polar surface area (TPSA) is 89.3 Å². The fourth-order valence-corrected chi connectivity index (χ4v) is 1.55. The molecule has 16 heavy (non-hydrogen) atoms. The summed E-state index contributed by atoms with van der Waals surface area (Å²) in [4.78, 5) is 32.1.